The van der Waals surface area contributed by atoms with Gasteiger partial charge < -0.3 is 10.2 Å². The Bertz CT molecular complexity index is 290. The van der Waals surface area contributed by atoms with Crippen LogP contribution in [0.3, 0.4) is 0 Å². The molecule has 1 N–H and O–H groups in total. The van der Waals surface area contributed by atoms with E-state index in [1.807, 2.05) is 0 Å². The quantitative estimate of drug-likeness (QED) is 0.706. The fraction of sp³-hybridized carbons (Fsp3) is 0.857. The lowest BCUT2D eigenvalue weighted by molar-refractivity contribution is -0.144. The molecule has 18 heavy (non-hydrogen) atoms. The predicted molar refractivity (Wildman–Crippen MR) is 72.1 cm³/mol. The van der Waals surface area contributed by atoms with Crippen molar-refractivity contribution in [2.24, 2.45) is 5.92 Å². The number of nitrogens with one attached hydrogen (secondary N) is 1. The van der Waals surface area contributed by atoms with E-state index in [0.29, 0.717) is 0 Å². The van der Waals surface area contributed by atoms with Gasteiger partial charge in [0.1, 0.15) is 6.04 Å². The van der Waals surface area contributed by atoms with Crippen LogP contribution in [0.15, 0.2) is 0 Å². The molecule has 1 rings (SSSR count). The molecule has 0 aromatic heterocycles. The zero-order chi connectivity index (χ0) is 13.5. The van der Waals surface area contributed by atoms with Crippen LogP contribution in [0.2, 0.25) is 0 Å². The minimum absolute atomic E-state index is 0.0330. The fourth-order valence-electron chi connectivity index (χ4n) is 2.28. The maximum atomic E-state index is 11.7. The molecule has 0 saturated carbocycles. The van der Waals surface area contributed by atoms with Crippen LogP contribution >= 0.6 is 0 Å². The maximum absolute atomic E-state index is 11.7. The van der Waals surface area contributed by atoms with E-state index in [9.17, 15) is 9.59 Å². The molecule has 0 bridgehead atoms. The van der Waals surface area contributed by atoms with Crippen LogP contribution < -0.4 is 5.32 Å². The third-order valence-electron chi connectivity index (χ3n) is 3.51. The molecule has 1 aliphatic heterocycles. The van der Waals surface area contributed by atoms with E-state index in [0.717, 1.165) is 25.3 Å². The maximum Gasteiger partial charge on any atom is 0.242 e. The smallest absolute Gasteiger partial charge is 0.242 e. The summed E-state index contributed by atoms with van der Waals surface area (Å²) < 4.78 is 0. The Morgan fingerprint density at radius 1 is 1.22 bits per heavy atom. The Morgan fingerprint density at radius 2 is 1.89 bits per heavy atom. The van der Waals surface area contributed by atoms with Crippen LogP contribution in [0.25, 0.3) is 0 Å². The molecule has 1 heterocycles. The van der Waals surface area contributed by atoms with Gasteiger partial charge in [0, 0.05) is 6.54 Å². The van der Waals surface area contributed by atoms with Crippen LogP contribution in [0.5, 0.6) is 0 Å². The van der Waals surface area contributed by atoms with Crippen molar-refractivity contribution in [2.45, 2.75) is 58.9 Å². The molecule has 0 aromatic carbocycles. The highest BCUT2D eigenvalue weighted by Gasteiger charge is 2.29. The lowest BCUT2D eigenvalue weighted by Crippen LogP contribution is -2.57. The number of nitrogens with zero attached hydrogens (tertiary/aromatic N) is 1. The zero-order valence-corrected chi connectivity index (χ0v) is 11.9. The van der Waals surface area contributed by atoms with Gasteiger partial charge in [-0.3, -0.25) is 9.59 Å². The lowest BCUT2D eigenvalue weighted by atomic mass is 10.0. The second kappa shape index (κ2) is 7.39. The summed E-state index contributed by atoms with van der Waals surface area (Å²) in [5, 5.41) is 2.60. The van der Waals surface area contributed by atoms with Gasteiger partial charge in [0.25, 0.3) is 0 Å². The molecule has 1 fully saturated rings. The molecule has 1 unspecified atom stereocenters. The second-order valence-corrected chi connectivity index (χ2v) is 5.58. The Labute approximate surface area is 110 Å². The predicted octanol–water partition coefficient (Wildman–Crippen LogP) is 1.94. The monoisotopic (exact) mass is 254 g/mol. The van der Waals surface area contributed by atoms with Crippen molar-refractivity contribution in [1.29, 1.82) is 0 Å². The zero-order valence-electron chi connectivity index (χ0n) is 11.9. The van der Waals surface area contributed by atoms with Crippen LogP contribution in [0.1, 0.15) is 52.9 Å². The molecule has 2 amide bonds. The first kappa shape index (κ1) is 15.0. The molecule has 104 valence electrons. The Kier molecular flexibility index (Phi) is 6.16. The van der Waals surface area contributed by atoms with Gasteiger partial charge in [-0.1, -0.05) is 39.5 Å². The van der Waals surface area contributed by atoms with E-state index in [-0.39, 0.29) is 24.4 Å². The summed E-state index contributed by atoms with van der Waals surface area (Å²) in [5.41, 5.74) is 0. The van der Waals surface area contributed by atoms with Crippen molar-refractivity contribution in [1.82, 2.24) is 10.2 Å². The van der Waals surface area contributed by atoms with Crippen LogP contribution in [0, 0.1) is 5.92 Å². The molecule has 4 heteroatoms. The van der Waals surface area contributed by atoms with Gasteiger partial charge >= 0.3 is 0 Å². The number of unbranched alkanes of at least 4 members (excludes halogenated alkanes) is 3. The molecule has 1 atom stereocenters. The summed E-state index contributed by atoms with van der Waals surface area (Å²) in [7, 11) is 0. The van der Waals surface area contributed by atoms with Crippen molar-refractivity contribution in [3.8, 4) is 0 Å². The highest BCUT2D eigenvalue weighted by Crippen LogP contribution is 2.12. The molecule has 0 spiro atoms. The largest absolute Gasteiger partial charge is 0.345 e. The topological polar surface area (TPSA) is 49.4 Å². The summed E-state index contributed by atoms with van der Waals surface area (Å²) in [6.07, 6.45) is 5.91. The standard InChI is InChI=1S/C14H26N2O2/c1-11(2)8-6-4-5-7-9-16-12(3)14(18)15-10-13(16)17/h11-12H,4-10H2,1-3H3,(H,15,18). The summed E-state index contributed by atoms with van der Waals surface area (Å²) in [6.45, 7) is 7.16. The van der Waals surface area contributed by atoms with E-state index in [1.165, 1.54) is 19.3 Å². The SMILES string of the molecule is CC(C)CCCCCCN1C(=O)CNC(=O)C1C. The first-order valence-corrected chi connectivity index (χ1v) is 7.09. The molecule has 4 nitrogen and oxygen atoms in total. The van der Waals surface area contributed by atoms with E-state index in [1.54, 1.807) is 11.8 Å². The average molecular weight is 254 g/mol. The van der Waals surface area contributed by atoms with Gasteiger partial charge in [0.05, 0.1) is 6.54 Å². The lowest BCUT2D eigenvalue weighted by Gasteiger charge is -2.32. The van der Waals surface area contributed by atoms with Crippen molar-refractivity contribution < 1.29 is 9.59 Å². The fourth-order valence-corrected chi connectivity index (χ4v) is 2.28. The van der Waals surface area contributed by atoms with Gasteiger partial charge in [-0.25, -0.2) is 0 Å². The molecule has 0 radical (unpaired) electrons. The molecule has 0 aromatic rings. The van der Waals surface area contributed by atoms with Crippen LogP contribution in [-0.2, 0) is 9.59 Å². The molecule has 0 aliphatic carbocycles. The number of carbonyl (C=O) groups is 2. The van der Waals surface area contributed by atoms with E-state index in [4.69, 9.17) is 0 Å². The third kappa shape index (κ3) is 4.67. The number of hydrogen-bond donors (Lipinski definition) is 1. The van der Waals surface area contributed by atoms with Crippen LogP contribution in [0.4, 0.5) is 0 Å². The number of rotatable bonds is 7. The summed E-state index contributed by atoms with van der Waals surface area (Å²) in [5.74, 6) is 0.788. The number of carbonyl (C=O) groups excluding carboxylic acids is 2. The van der Waals surface area contributed by atoms with Gasteiger partial charge in [0.15, 0.2) is 0 Å². The summed E-state index contributed by atoms with van der Waals surface area (Å²) in [4.78, 5) is 24.8. The Hall–Kier alpha value is -1.06. The minimum atomic E-state index is -0.304. The van der Waals surface area contributed by atoms with Gasteiger partial charge in [-0.05, 0) is 19.3 Å². The van der Waals surface area contributed by atoms with E-state index < -0.39 is 0 Å². The highest BCUT2D eigenvalue weighted by atomic mass is 16.2. The Morgan fingerprint density at radius 3 is 2.56 bits per heavy atom. The third-order valence-corrected chi connectivity index (χ3v) is 3.51. The number of piperazine rings is 1. The second-order valence-electron chi connectivity index (χ2n) is 5.58. The Balaban J connectivity index is 2.17. The molecule has 1 saturated heterocycles. The summed E-state index contributed by atoms with van der Waals surface area (Å²) >= 11 is 0. The van der Waals surface area contributed by atoms with Crippen molar-refractivity contribution in [2.75, 3.05) is 13.1 Å². The van der Waals surface area contributed by atoms with Crippen molar-refractivity contribution in [3.05, 3.63) is 0 Å². The van der Waals surface area contributed by atoms with Crippen molar-refractivity contribution in [3.63, 3.8) is 0 Å². The van der Waals surface area contributed by atoms with Gasteiger partial charge in [-0.2, -0.15) is 0 Å². The average Bonchev–Trinajstić information content (AvgIpc) is 2.32. The molecule has 1 aliphatic rings. The first-order valence-electron chi connectivity index (χ1n) is 7.09. The van der Waals surface area contributed by atoms with Gasteiger partial charge in [0.2, 0.25) is 11.8 Å². The molecular formula is C14H26N2O2. The van der Waals surface area contributed by atoms with E-state index >= 15 is 0 Å². The number of hydrogen-bond acceptors (Lipinski definition) is 2. The van der Waals surface area contributed by atoms with Crippen LogP contribution in [-0.4, -0.2) is 35.8 Å². The number of amides is 2. The first-order chi connectivity index (χ1) is 8.52. The van der Waals surface area contributed by atoms with E-state index in [2.05, 4.69) is 19.2 Å². The summed E-state index contributed by atoms with van der Waals surface area (Å²) in [6, 6.07) is -0.304. The highest BCUT2D eigenvalue weighted by molar-refractivity contribution is 5.94. The van der Waals surface area contributed by atoms with Gasteiger partial charge in [-0.15, -0.1) is 0 Å². The van der Waals surface area contributed by atoms with Crippen molar-refractivity contribution >= 4 is 11.8 Å². The molecular weight excluding hydrogens is 228 g/mol. The normalized spacial score (nSPS) is 20.4. The minimum Gasteiger partial charge on any atom is -0.345 e.